The van der Waals surface area contributed by atoms with Gasteiger partial charge < -0.3 is 9.47 Å². The minimum atomic E-state index is 0.356. The second-order valence-corrected chi connectivity index (χ2v) is 10.5. The Morgan fingerprint density at radius 3 is 2.37 bits per heavy atom. The molecule has 182 valence electrons. The number of para-hydroxylation sites is 2. The lowest BCUT2D eigenvalue weighted by molar-refractivity contribution is 0.658. The Bertz CT molecular complexity index is 1830. The molecule has 0 saturated heterocycles. The van der Waals surface area contributed by atoms with E-state index >= 15 is 0 Å². The van der Waals surface area contributed by atoms with Crippen LogP contribution in [0.2, 0.25) is 0 Å². The third kappa shape index (κ3) is 3.20. The third-order valence-corrected chi connectivity index (χ3v) is 8.40. The monoisotopic (exact) mass is 488 g/mol. The van der Waals surface area contributed by atoms with E-state index in [4.69, 9.17) is 0 Å². The molecule has 2 atom stereocenters. The molecule has 0 saturated carbocycles. The molecule has 1 aromatic heterocycles. The lowest BCUT2D eigenvalue weighted by Gasteiger charge is -2.30. The van der Waals surface area contributed by atoms with Crippen LogP contribution in [0.4, 0.5) is 5.69 Å². The van der Waals surface area contributed by atoms with Gasteiger partial charge in [-0.2, -0.15) is 0 Å². The Hall–Kier alpha value is -4.56. The van der Waals surface area contributed by atoms with Gasteiger partial charge in [-0.05, 0) is 78.1 Å². The molecule has 3 aliphatic rings. The normalized spacial score (nSPS) is 19.9. The Kier molecular flexibility index (Phi) is 4.81. The van der Waals surface area contributed by atoms with Crippen molar-refractivity contribution in [3.05, 3.63) is 145 Å². The minimum absolute atomic E-state index is 0.356. The van der Waals surface area contributed by atoms with E-state index in [9.17, 15) is 0 Å². The first kappa shape index (κ1) is 21.5. The molecule has 0 fully saturated rings. The van der Waals surface area contributed by atoms with Crippen LogP contribution < -0.4 is 4.90 Å². The van der Waals surface area contributed by atoms with Crippen LogP contribution in [0.3, 0.4) is 0 Å². The van der Waals surface area contributed by atoms with Gasteiger partial charge >= 0.3 is 0 Å². The van der Waals surface area contributed by atoms with Crippen molar-refractivity contribution in [2.24, 2.45) is 5.92 Å². The summed E-state index contributed by atoms with van der Waals surface area (Å²) in [4.78, 5) is 2.55. The molecule has 38 heavy (non-hydrogen) atoms. The molecule has 2 nitrogen and oxygen atoms in total. The Labute approximate surface area is 223 Å². The van der Waals surface area contributed by atoms with Crippen LogP contribution in [0.25, 0.3) is 38.6 Å². The summed E-state index contributed by atoms with van der Waals surface area (Å²) in [5.74, 6) is 0.476. The van der Waals surface area contributed by atoms with Crippen LogP contribution in [-0.2, 0) is 0 Å². The zero-order chi connectivity index (χ0) is 25.1. The fraction of sp³-hybridized carbons (Fsp3) is 0.111. The molecule has 4 aromatic carbocycles. The lowest BCUT2D eigenvalue weighted by Crippen LogP contribution is -2.32. The summed E-state index contributed by atoms with van der Waals surface area (Å²) in [6, 6.07) is 35.8. The van der Waals surface area contributed by atoms with E-state index in [2.05, 4.69) is 143 Å². The molecule has 0 spiro atoms. The smallest absolute Gasteiger partial charge is 0.0626 e. The standard InChI is InChI=1S/C36H28N2/c1-2-12-27(13-3-1)37-35-20-9-6-17-31(35)32-24-26(21-22-36(32)37)25-11-10-14-28(23-25)38-33-18-7-4-15-29(33)30-16-5-8-19-34(30)38/h1-4,6-15,17-24,29,33H,5,16H2. The maximum absolute atomic E-state index is 2.55. The predicted molar refractivity (Wildman–Crippen MR) is 160 cm³/mol. The van der Waals surface area contributed by atoms with Crippen molar-refractivity contribution in [2.45, 2.75) is 18.9 Å². The number of benzene rings is 4. The van der Waals surface area contributed by atoms with Crippen LogP contribution >= 0.6 is 0 Å². The molecule has 0 radical (unpaired) electrons. The number of nitrogens with zero attached hydrogens (tertiary/aromatic N) is 2. The number of rotatable bonds is 3. The van der Waals surface area contributed by atoms with Crippen molar-refractivity contribution in [3.63, 3.8) is 0 Å². The Morgan fingerprint density at radius 1 is 0.632 bits per heavy atom. The van der Waals surface area contributed by atoms with Crippen LogP contribution in [0.5, 0.6) is 0 Å². The average molecular weight is 489 g/mol. The fourth-order valence-electron chi connectivity index (χ4n) is 6.72. The van der Waals surface area contributed by atoms with Crippen molar-refractivity contribution in [3.8, 4) is 16.8 Å². The number of aromatic nitrogens is 1. The molecule has 2 aliphatic carbocycles. The Balaban J connectivity index is 1.26. The summed E-state index contributed by atoms with van der Waals surface area (Å²) in [5.41, 5.74) is 10.4. The van der Waals surface area contributed by atoms with E-state index in [0.717, 1.165) is 12.8 Å². The van der Waals surface area contributed by atoms with Gasteiger partial charge in [-0.3, -0.25) is 0 Å². The summed E-state index contributed by atoms with van der Waals surface area (Å²) >= 11 is 0. The minimum Gasteiger partial charge on any atom is -0.334 e. The van der Waals surface area contributed by atoms with Crippen molar-refractivity contribution in [1.82, 2.24) is 4.57 Å². The highest BCUT2D eigenvalue weighted by molar-refractivity contribution is 6.10. The maximum Gasteiger partial charge on any atom is 0.0626 e. The number of anilines is 1. The SMILES string of the molecule is C1=CC2C3=C(C=CCC3)N(c3cccc(-c4ccc5c(c4)c4ccccc4n5-c4ccccc4)c3)C2C=C1. The van der Waals surface area contributed by atoms with E-state index in [-0.39, 0.29) is 0 Å². The zero-order valence-corrected chi connectivity index (χ0v) is 21.2. The van der Waals surface area contributed by atoms with E-state index in [1.807, 2.05) is 0 Å². The fourth-order valence-corrected chi connectivity index (χ4v) is 6.72. The number of hydrogen-bond acceptors (Lipinski definition) is 1. The summed E-state index contributed by atoms with van der Waals surface area (Å²) in [6.45, 7) is 0. The summed E-state index contributed by atoms with van der Waals surface area (Å²) in [5, 5.41) is 2.57. The van der Waals surface area contributed by atoms with Crippen molar-refractivity contribution in [1.29, 1.82) is 0 Å². The molecule has 2 heterocycles. The molecular formula is C36H28N2. The highest BCUT2D eigenvalue weighted by Gasteiger charge is 2.38. The van der Waals surface area contributed by atoms with Gasteiger partial charge in [0.25, 0.3) is 0 Å². The maximum atomic E-state index is 2.55. The molecule has 0 bridgehead atoms. The number of hydrogen-bond donors (Lipinski definition) is 0. The average Bonchev–Trinajstić information content (AvgIpc) is 3.50. The molecule has 2 heteroatoms. The molecule has 5 aromatic rings. The topological polar surface area (TPSA) is 8.17 Å². The van der Waals surface area contributed by atoms with E-state index in [0.29, 0.717) is 12.0 Å². The molecule has 1 aliphatic heterocycles. The van der Waals surface area contributed by atoms with Crippen LogP contribution in [0.1, 0.15) is 12.8 Å². The van der Waals surface area contributed by atoms with E-state index in [1.54, 1.807) is 5.57 Å². The first-order valence-electron chi connectivity index (χ1n) is 13.6. The van der Waals surface area contributed by atoms with Crippen LogP contribution in [0, 0.1) is 5.92 Å². The van der Waals surface area contributed by atoms with Crippen molar-refractivity contribution in [2.75, 3.05) is 4.90 Å². The summed E-state index contributed by atoms with van der Waals surface area (Å²) in [7, 11) is 0. The molecule has 2 unspecified atom stereocenters. The van der Waals surface area contributed by atoms with Crippen molar-refractivity contribution >= 4 is 27.5 Å². The third-order valence-electron chi connectivity index (χ3n) is 8.40. The second-order valence-electron chi connectivity index (χ2n) is 10.5. The molecular weight excluding hydrogens is 460 g/mol. The summed E-state index contributed by atoms with van der Waals surface area (Å²) in [6.07, 6.45) is 16.1. The molecule has 0 amide bonds. The largest absolute Gasteiger partial charge is 0.334 e. The van der Waals surface area contributed by atoms with Gasteiger partial charge in [0, 0.05) is 33.8 Å². The zero-order valence-electron chi connectivity index (χ0n) is 21.2. The van der Waals surface area contributed by atoms with Gasteiger partial charge in [-0.25, -0.2) is 0 Å². The Morgan fingerprint density at radius 2 is 1.42 bits per heavy atom. The number of allylic oxidation sites excluding steroid dienone is 4. The van der Waals surface area contributed by atoms with Gasteiger partial charge in [-0.1, -0.05) is 85.0 Å². The first-order chi connectivity index (χ1) is 18.9. The molecule has 0 N–H and O–H groups in total. The van der Waals surface area contributed by atoms with Gasteiger partial charge in [0.1, 0.15) is 0 Å². The van der Waals surface area contributed by atoms with E-state index < -0.39 is 0 Å². The van der Waals surface area contributed by atoms with Gasteiger partial charge in [0.05, 0.1) is 17.1 Å². The van der Waals surface area contributed by atoms with Gasteiger partial charge in [0.2, 0.25) is 0 Å². The van der Waals surface area contributed by atoms with Gasteiger partial charge in [-0.15, -0.1) is 0 Å². The highest BCUT2D eigenvalue weighted by Crippen LogP contribution is 2.45. The van der Waals surface area contributed by atoms with Crippen LogP contribution in [0.15, 0.2) is 145 Å². The quantitative estimate of drug-likeness (QED) is 0.246. The first-order valence-corrected chi connectivity index (χ1v) is 13.6. The van der Waals surface area contributed by atoms with Crippen LogP contribution in [-0.4, -0.2) is 10.6 Å². The molecule has 8 rings (SSSR count). The predicted octanol–water partition coefficient (Wildman–Crippen LogP) is 8.99. The van der Waals surface area contributed by atoms with E-state index in [1.165, 1.54) is 50.0 Å². The second kappa shape index (κ2) is 8.49. The summed E-state index contributed by atoms with van der Waals surface area (Å²) < 4.78 is 2.38. The number of fused-ring (bicyclic) bond motifs is 5. The highest BCUT2D eigenvalue weighted by atomic mass is 15.2. The lowest BCUT2D eigenvalue weighted by atomic mass is 9.87. The van der Waals surface area contributed by atoms with Crippen molar-refractivity contribution < 1.29 is 0 Å². The van der Waals surface area contributed by atoms with Gasteiger partial charge in [0.15, 0.2) is 0 Å².